The number of nitrogens with one attached hydrogen (secondary N) is 2. The SMILES string of the molecule is C[C@]1(C(=O)N2CCCC2)C[C@H](Nc2ncc3c(-c4ccc5nncn5c4)c[nH]c3n2)C1. The number of H-pyrrole nitrogens is 1. The molecule has 1 amide bonds. The van der Waals surface area contributed by atoms with Gasteiger partial charge in [-0.3, -0.25) is 9.20 Å². The maximum Gasteiger partial charge on any atom is 0.228 e. The summed E-state index contributed by atoms with van der Waals surface area (Å²) < 4.78 is 1.89. The Morgan fingerprint density at radius 3 is 2.94 bits per heavy atom. The molecule has 158 valence electrons. The van der Waals surface area contributed by atoms with E-state index in [1.54, 1.807) is 6.33 Å². The summed E-state index contributed by atoms with van der Waals surface area (Å²) in [7, 11) is 0. The number of amides is 1. The van der Waals surface area contributed by atoms with Crippen LogP contribution in [0.4, 0.5) is 5.95 Å². The fraction of sp³-hybridized carbons (Fsp3) is 0.409. The molecule has 9 heteroatoms. The van der Waals surface area contributed by atoms with Crippen LogP contribution in [0.15, 0.2) is 37.1 Å². The summed E-state index contributed by atoms with van der Waals surface area (Å²) in [5.41, 5.74) is 3.41. The second-order valence-electron chi connectivity index (χ2n) is 8.98. The molecule has 1 aliphatic carbocycles. The van der Waals surface area contributed by atoms with Gasteiger partial charge < -0.3 is 15.2 Å². The van der Waals surface area contributed by atoms with Crippen LogP contribution in [0.25, 0.3) is 27.8 Å². The van der Waals surface area contributed by atoms with Gasteiger partial charge in [-0.15, -0.1) is 10.2 Å². The third kappa shape index (κ3) is 3.03. The minimum Gasteiger partial charge on any atom is -0.351 e. The smallest absolute Gasteiger partial charge is 0.228 e. The van der Waals surface area contributed by atoms with Crippen molar-refractivity contribution in [1.29, 1.82) is 0 Å². The number of hydrogen-bond donors (Lipinski definition) is 2. The Morgan fingerprint density at radius 1 is 1.26 bits per heavy atom. The van der Waals surface area contributed by atoms with E-state index in [2.05, 4.69) is 37.4 Å². The van der Waals surface area contributed by atoms with Crippen LogP contribution in [-0.2, 0) is 4.79 Å². The molecule has 0 aromatic carbocycles. The maximum atomic E-state index is 12.8. The number of likely N-dealkylation sites (tertiary alicyclic amines) is 1. The molecule has 1 saturated carbocycles. The van der Waals surface area contributed by atoms with Crippen molar-refractivity contribution in [2.45, 2.75) is 38.6 Å². The zero-order valence-corrected chi connectivity index (χ0v) is 17.4. The molecule has 5 heterocycles. The molecule has 0 spiro atoms. The highest BCUT2D eigenvalue weighted by atomic mass is 16.2. The number of rotatable bonds is 4. The Hall–Kier alpha value is -3.49. The van der Waals surface area contributed by atoms with Gasteiger partial charge in [-0.1, -0.05) is 6.92 Å². The van der Waals surface area contributed by atoms with E-state index in [0.717, 1.165) is 66.6 Å². The Morgan fingerprint density at radius 2 is 2.10 bits per heavy atom. The molecule has 4 aromatic heterocycles. The van der Waals surface area contributed by atoms with Gasteiger partial charge in [-0.2, -0.15) is 4.98 Å². The molecule has 31 heavy (non-hydrogen) atoms. The molecule has 2 fully saturated rings. The van der Waals surface area contributed by atoms with Crippen molar-refractivity contribution in [2.75, 3.05) is 18.4 Å². The van der Waals surface area contributed by atoms with E-state index < -0.39 is 0 Å². The minimum absolute atomic E-state index is 0.222. The zero-order valence-electron chi connectivity index (χ0n) is 17.4. The summed E-state index contributed by atoms with van der Waals surface area (Å²) in [5, 5.41) is 12.3. The van der Waals surface area contributed by atoms with Gasteiger partial charge in [0.2, 0.25) is 11.9 Å². The average Bonchev–Trinajstić information content (AvgIpc) is 3.51. The van der Waals surface area contributed by atoms with Crippen molar-refractivity contribution in [3.63, 3.8) is 0 Å². The third-order valence-corrected chi connectivity index (χ3v) is 6.67. The first-order valence-electron chi connectivity index (χ1n) is 10.8. The van der Waals surface area contributed by atoms with Gasteiger partial charge in [0, 0.05) is 54.2 Å². The molecule has 0 unspecified atom stereocenters. The zero-order chi connectivity index (χ0) is 21.0. The normalized spacial score (nSPS) is 23.4. The van der Waals surface area contributed by atoms with Gasteiger partial charge in [-0.25, -0.2) is 4.98 Å². The highest BCUT2D eigenvalue weighted by molar-refractivity contribution is 5.93. The lowest BCUT2D eigenvalue weighted by atomic mass is 9.66. The molecule has 1 aliphatic heterocycles. The van der Waals surface area contributed by atoms with Crippen molar-refractivity contribution in [2.24, 2.45) is 5.41 Å². The van der Waals surface area contributed by atoms with Gasteiger partial charge in [0.15, 0.2) is 5.65 Å². The Balaban J connectivity index is 1.18. The monoisotopic (exact) mass is 416 g/mol. The van der Waals surface area contributed by atoms with Crippen molar-refractivity contribution >= 4 is 28.5 Å². The predicted molar refractivity (Wildman–Crippen MR) is 116 cm³/mol. The Kier molecular flexibility index (Phi) is 3.99. The number of carbonyl (C=O) groups excluding carboxylic acids is 1. The number of anilines is 1. The first-order valence-corrected chi connectivity index (χ1v) is 10.8. The molecule has 4 aromatic rings. The fourth-order valence-electron chi connectivity index (χ4n) is 4.99. The highest BCUT2D eigenvalue weighted by Crippen LogP contribution is 2.44. The Bertz CT molecular complexity index is 1280. The molecule has 6 rings (SSSR count). The van der Waals surface area contributed by atoms with Crippen molar-refractivity contribution < 1.29 is 4.79 Å². The summed E-state index contributed by atoms with van der Waals surface area (Å²) in [6.07, 6.45) is 11.4. The van der Waals surface area contributed by atoms with Crippen LogP contribution in [-0.4, -0.2) is 59.5 Å². The quantitative estimate of drug-likeness (QED) is 0.530. The molecule has 2 aliphatic rings. The third-order valence-electron chi connectivity index (χ3n) is 6.67. The number of fused-ring (bicyclic) bond motifs is 2. The van der Waals surface area contributed by atoms with Crippen LogP contribution in [0.3, 0.4) is 0 Å². The van der Waals surface area contributed by atoms with Crippen LogP contribution < -0.4 is 5.32 Å². The summed E-state index contributed by atoms with van der Waals surface area (Å²) in [4.78, 5) is 27.3. The lowest BCUT2D eigenvalue weighted by Gasteiger charge is -2.45. The van der Waals surface area contributed by atoms with Gasteiger partial charge in [-0.05, 0) is 37.8 Å². The fourth-order valence-corrected chi connectivity index (χ4v) is 4.99. The summed E-state index contributed by atoms with van der Waals surface area (Å²) in [6, 6.07) is 4.18. The van der Waals surface area contributed by atoms with Crippen molar-refractivity contribution in [1.82, 2.24) is 34.4 Å². The first kappa shape index (κ1) is 18.3. The van der Waals surface area contributed by atoms with Crippen molar-refractivity contribution in [3.05, 3.63) is 37.1 Å². The molecular weight excluding hydrogens is 392 g/mol. The second-order valence-corrected chi connectivity index (χ2v) is 8.98. The van der Waals surface area contributed by atoms with E-state index in [9.17, 15) is 4.79 Å². The van der Waals surface area contributed by atoms with Crippen molar-refractivity contribution in [3.8, 4) is 11.1 Å². The van der Waals surface area contributed by atoms with E-state index >= 15 is 0 Å². The molecule has 1 saturated heterocycles. The number of aromatic nitrogens is 6. The number of carbonyl (C=O) groups is 1. The molecular formula is C22H24N8O. The minimum atomic E-state index is -0.257. The summed E-state index contributed by atoms with van der Waals surface area (Å²) >= 11 is 0. The van der Waals surface area contributed by atoms with Gasteiger partial charge in [0.05, 0.1) is 5.41 Å². The van der Waals surface area contributed by atoms with E-state index in [0.29, 0.717) is 11.9 Å². The van der Waals surface area contributed by atoms with Crippen LogP contribution >= 0.6 is 0 Å². The van der Waals surface area contributed by atoms with Crippen LogP contribution in [0.1, 0.15) is 32.6 Å². The lowest BCUT2D eigenvalue weighted by Crippen LogP contribution is -2.53. The lowest BCUT2D eigenvalue weighted by molar-refractivity contribution is -0.145. The number of hydrogen-bond acceptors (Lipinski definition) is 6. The largest absolute Gasteiger partial charge is 0.351 e. The van der Waals surface area contributed by atoms with Crippen LogP contribution in [0.2, 0.25) is 0 Å². The topological polar surface area (TPSA) is 104 Å². The van der Waals surface area contributed by atoms with E-state index in [-0.39, 0.29) is 11.5 Å². The predicted octanol–water partition coefficient (Wildman–Crippen LogP) is 2.87. The molecule has 0 radical (unpaired) electrons. The number of nitrogens with zero attached hydrogens (tertiary/aromatic N) is 6. The van der Waals surface area contributed by atoms with Gasteiger partial charge >= 0.3 is 0 Å². The van der Waals surface area contributed by atoms with E-state index in [1.165, 1.54) is 0 Å². The van der Waals surface area contributed by atoms with Gasteiger partial charge in [0.25, 0.3) is 0 Å². The molecule has 2 N–H and O–H groups in total. The number of pyridine rings is 1. The number of aromatic amines is 1. The van der Waals surface area contributed by atoms with E-state index in [1.807, 2.05) is 40.0 Å². The summed E-state index contributed by atoms with van der Waals surface area (Å²) in [5.74, 6) is 0.898. The summed E-state index contributed by atoms with van der Waals surface area (Å²) in [6.45, 7) is 3.90. The molecule has 0 bridgehead atoms. The second kappa shape index (κ2) is 6.76. The van der Waals surface area contributed by atoms with E-state index in [4.69, 9.17) is 0 Å². The first-order chi connectivity index (χ1) is 15.1. The maximum absolute atomic E-state index is 12.8. The average molecular weight is 416 g/mol. The molecule has 0 atom stereocenters. The standard InChI is InChI=1S/C22H24N8O/c1-22(20(31)29-6-2-3-7-29)8-15(9-22)26-21-24-11-17-16(10-23-19(17)27-21)14-4-5-18-28-25-13-30(18)12-14/h4-5,10-13,15H,2-3,6-9H2,1H3,(H2,23,24,26,27)/t15-,22-. The molecule has 9 nitrogen and oxygen atoms in total. The Labute approximate surface area is 178 Å². The van der Waals surface area contributed by atoms with Gasteiger partial charge in [0.1, 0.15) is 12.0 Å². The highest BCUT2D eigenvalue weighted by Gasteiger charge is 2.48. The van der Waals surface area contributed by atoms with Crippen LogP contribution in [0.5, 0.6) is 0 Å². The van der Waals surface area contributed by atoms with Crippen LogP contribution in [0, 0.1) is 5.41 Å².